The number of amides is 6. The SMILES string of the molecule is CC(C)C[C@H]1C(=O)O[C@H](Cc2ccc(Cn3cc(CNC(=O)OC(C)(C)C)cn3)cc2)C(=O)N(C)[C@@H](CC(C)C)C(=O)O[C@H](C)C(=O)N(C)[C@@H](CC(C)C)C(=O)O[C@H](Cc2ccc(Cn3cc(CNC(=O)OC(C)(C)C)cn3)cc2)C(=O)N(C)[C@@H](CC(C)C)C(=O)O[C@H](C)C(=O)N1C. The van der Waals surface area contributed by atoms with E-state index in [-0.39, 0.29) is 75.3 Å². The number of rotatable bonds is 20. The minimum atomic E-state index is -1.60. The van der Waals surface area contributed by atoms with E-state index in [9.17, 15) is 38.4 Å². The Balaban J connectivity index is 1.52. The van der Waals surface area contributed by atoms with Gasteiger partial charge in [0, 0.05) is 77.6 Å². The second-order valence-electron chi connectivity index (χ2n) is 29.2. The highest BCUT2D eigenvalue weighted by Gasteiger charge is 2.43. The Hall–Kier alpha value is -8.84. The van der Waals surface area contributed by atoms with Crippen LogP contribution in [-0.4, -0.2) is 187 Å². The predicted molar refractivity (Wildman–Crippen MR) is 364 cm³/mol. The first-order valence-electron chi connectivity index (χ1n) is 33.7. The normalized spacial score (nSPS) is 21.3. The number of carbonyl (C=O) groups excluding carboxylic acids is 10. The van der Waals surface area contributed by atoms with Crippen molar-refractivity contribution < 1.29 is 76.4 Å². The van der Waals surface area contributed by atoms with E-state index in [0.717, 1.165) is 41.9 Å². The number of hydrogen-bond acceptors (Lipinski definition) is 18. The maximum Gasteiger partial charge on any atom is 0.407 e. The van der Waals surface area contributed by atoms with Crippen LogP contribution in [0.1, 0.15) is 170 Å². The molecule has 8 atom stereocenters. The second kappa shape index (κ2) is 35.6. The molecular formula is C72H106N10O16. The lowest BCUT2D eigenvalue weighted by Crippen LogP contribution is -2.55. The standard InChI is InChI=1S/C72H106N10O16/c1-43(2)29-55-65(87)93-47(9)61(83)77(17)58(32-46(7)8)68(90)96-60(34-50-23-27-52(28-24-50)40-82-42-54(38-76-82)36-74-70(92)98-72(14,15)16)64(86)80(20)56(30-44(3)4)66(88)94-48(10)62(84)78(18)57(31-45(5)6)67(89)95-59(63(85)79(55)19)33-49-21-25-51(26-22-49)39-81-41-53(37-75-81)35-73-69(91)97-71(11,12)13/h21-28,37-38,41-48,55-60H,29-36,39-40H2,1-20H3,(H,73,91)(H,74,92)/t47-,48-,55+,56+,57+,58+,59-,60-/m1/s1. The summed E-state index contributed by atoms with van der Waals surface area (Å²) in [4.78, 5) is 148. The fourth-order valence-electron chi connectivity index (χ4n) is 11.0. The molecule has 26 nitrogen and oxygen atoms in total. The summed E-state index contributed by atoms with van der Waals surface area (Å²) < 4.78 is 38.5. The van der Waals surface area contributed by atoms with Gasteiger partial charge in [0.25, 0.3) is 23.6 Å². The summed E-state index contributed by atoms with van der Waals surface area (Å²) in [5.41, 5.74) is 2.88. The topological polar surface area (TPSA) is 299 Å². The van der Waals surface area contributed by atoms with Crippen molar-refractivity contribution in [2.24, 2.45) is 23.7 Å². The highest BCUT2D eigenvalue weighted by molar-refractivity contribution is 5.94. The third kappa shape index (κ3) is 24.9. The van der Waals surface area contributed by atoms with Crippen LogP contribution in [0.2, 0.25) is 0 Å². The average molecular weight is 1370 g/mol. The number of hydrogen-bond donors (Lipinski definition) is 2. The Morgan fingerprint density at radius 1 is 0.429 bits per heavy atom. The highest BCUT2D eigenvalue weighted by atomic mass is 16.6. The van der Waals surface area contributed by atoms with Gasteiger partial charge in [0.2, 0.25) is 0 Å². The van der Waals surface area contributed by atoms with E-state index in [1.807, 2.05) is 79.7 Å². The maximum atomic E-state index is 15.2. The molecule has 98 heavy (non-hydrogen) atoms. The van der Waals surface area contributed by atoms with Crippen LogP contribution in [-0.2, 0) is 106 Å². The number of esters is 4. The Labute approximate surface area is 577 Å². The fourth-order valence-corrected chi connectivity index (χ4v) is 11.0. The third-order valence-electron chi connectivity index (χ3n) is 16.1. The van der Waals surface area contributed by atoms with Gasteiger partial charge in [0.05, 0.1) is 25.5 Å². The van der Waals surface area contributed by atoms with Gasteiger partial charge in [-0.25, -0.2) is 28.8 Å². The molecule has 540 valence electrons. The largest absolute Gasteiger partial charge is 0.451 e. The monoisotopic (exact) mass is 1370 g/mol. The number of nitrogens with zero attached hydrogens (tertiary/aromatic N) is 8. The van der Waals surface area contributed by atoms with Crippen molar-refractivity contribution in [1.29, 1.82) is 0 Å². The van der Waals surface area contributed by atoms with Crippen LogP contribution in [0.4, 0.5) is 9.59 Å². The fraction of sp³-hybridized carbons (Fsp3) is 0.611. The number of ether oxygens (including phenoxy) is 6. The van der Waals surface area contributed by atoms with E-state index >= 15 is 9.59 Å². The number of aromatic nitrogens is 4. The van der Waals surface area contributed by atoms with Crippen LogP contribution >= 0.6 is 0 Å². The lowest BCUT2D eigenvalue weighted by molar-refractivity contribution is -0.176. The Bertz CT molecular complexity index is 3130. The number of nitrogens with one attached hydrogen (secondary N) is 2. The Morgan fingerprint density at radius 3 is 0.969 bits per heavy atom. The van der Waals surface area contributed by atoms with E-state index < -0.39 is 119 Å². The molecule has 2 aromatic heterocycles. The van der Waals surface area contributed by atoms with Gasteiger partial charge < -0.3 is 58.7 Å². The first-order chi connectivity index (χ1) is 45.7. The van der Waals surface area contributed by atoms with E-state index in [1.54, 1.807) is 100.0 Å². The second-order valence-corrected chi connectivity index (χ2v) is 29.2. The number of likely N-dealkylation sites (N-methyl/N-ethyl adjacent to an activating group) is 4. The maximum absolute atomic E-state index is 15.2. The van der Waals surface area contributed by atoms with Gasteiger partial charge >= 0.3 is 36.1 Å². The Kier molecular flexibility index (Phi) is 29.0. The molecule has 2 aromatic carbocycles. The lowest BCUT2D eigenvalue weighted by atomic mass is 9.99. The van der Waals surface area contributed by atoms with Crippen LogP contribution in [0, 0.1) is 23.7 Å². The van der Waals surface area contributed by atoms with Crippen molar-refractivity contribution >= 4 is 59.7 Å². The molecule has 0 unspecified atom stereocenters. The van der Waals surface area contributed by atoms with Gasteiger partial charge in [0.15, 0.2) is 24.4 Å². The molecule has 0 saturated carbocycles. The van der Waals surface area contributed by atoms with Gasteiger partial charge in [-0.1, -0.05) is 104 Å². The molecule has 5 rings (SSSR count). The number of alkyl carbamates (subject to hydrolysis) is 2. The van der Waals surface area contributed by atoms with Gasteiger partial charge in [0.1, 0.15) is 35.4 Å². The minimum absolute atomic E-state index is 0.0396. The van der Waals surface area contributed by atoms with E-state index in [0.29, 0.717) is 24.2 Å². The third-order valence-corrected chi connectivity index (χ3v) is 16.1. The van der Waals surface area contributed by atoms with E-state index in [2.05, 4.69) is 20.8 Å². The molecule has 1 aliphatic rings. The molecule has 1 saturated heterocycles. The number of benzene rings is 2. The molecule has 0 aliphatic carbocycles. The van der Waals surface area contributed by atoms with Crippen molar-refractivity contribution in [1.82, 2.24) is 49.8 Å². The lowest BCUT2D eigenvalue weighted by Gasteiger charge is -2.35. The van der Waals surface area contributed by atoms with Crippen molar-refractivity contribution in [3.8, 4) is 0 Å². The molecule has 3 heterocycles. The predicted octanol–water partition coefficient (Wildman–Crippen LogP) is 8.20. The van der Waals surface area contributed by atoms with E-state index in [4.69, 9.17) is 28.4 Å². The van der Waals surface area contributed by atoms with Crippen molar-refractivity contribution in [3.05, 3.63) is 107 Å². The molecule has 0 spiro atoms. The molecule has 4 aromatic rings. The van der Waals surface area contributed by atoms with Crippen LogP contribution < -0.4 is 10.6 Å². The first-order valence-corrected chi connectivity index (χ1v) is 33.7. The first kappa shape index (κ1) is 79.8. The van der Waals surface area contributed by atoms with Crippen molar-refractivity contribution in [3.63, 3.8) is 0 Å². The van der Waals surface area contributed by atoms with Crippen LogP contribution in [0.5, 0.6) is 0 Å². The smallest absolute Gasteiger partial charge is 0.407 e. The summed E-state index contributed by atoms with van der Waals surface area (Å²) in [6, 6.07) is 8.95. The summed E-state index contributed by atoms with van der Waals surface area (Å²) in [5, 5.41) is 14.3. The summed E-state index contributed by atoms with van der Waals surface area (Å²) in [5.74, 6) is -7.94. The molecule has 6 amide bonds. The molecule has 1 fully saturated rings. The minimum Gasteiger partial charge on any atom is -0.451 e. The van der Waals surface area contributed by atoms with Gasteiger partial charge in [-0.2, -0.15) is 10.2 Å². The molecular weight excluding hydrogens is 1260 g/mol. The van der Waals surface area contributed by atoms with Crippen LogP contribution in [0.15, 0.2) is 73.3 Å². The molecule has 0 radical (unpaired) electrons. The quantitative estimate of drug-likeness (QED) is 0.0622. The molecule has 26 heteroatoms. The summed E-state index contributed by atoms with van der Waals surface area (Å²) in [6.45, 7) is 29.0. The van der Waals surface area contributed by atoms with Gasteiger partial charge in [-0.05, 0) is 127 Å². The zero-order valence-electron chi connectivity index (χ0n) is 61.0. The molecule has 1 aliphatic heterocycles. The highest BCUT2D eigenvalue weighted by Crippen LogP contribution is 2.25. The summed E-state index contributed by atoms with van der Waals surface area (Å²) in [6.07, 6.45) is -0.812. The number of carbonyl (C=O) groups is 10. The molecule has 0 bridgehead atoms. The molecule has 2 N–H and O–H groups in total. The zero-order chi connectivity index (χ0) is 73.3. The van der Waals surface area contributed by atoms with Crippen LogP contribution in [0.3, 0.4) is 0 Å². The van der Waals surface area contributed by atoms with Gasteiger partial charge in [-0.3, -0.25) is 28.5 Å². The average Bonchev–Trinajstić information content (AvgIpc) is 1.05. The van der Waals surface area contributed by atoms with E-state index in [1.165, 1.54) is 42.0 Å². The summed E-state index contributed by atoms with van der Waals surface area (Å²) in [7, 11) is 5.48. The summed E-state index contributed by atoms with van der Waals surface area (Å²) >= 11 is 0. The van der Waals surface area contributed by atoms with Gasteiger partial charge in [-0.15, -0.1) is 0 Å². The zero-order valence-corrected chi connectivity index (χ0v) is 61.0. The van der Waals surface area contributed by atoms with Crippen LogP contribution in [0.25, 0.3) is 0 Å². The van der Waals surface area contributed by atoms with Crippen molar-refractivity contribution in [2.75, 3.05) is 28.2 Å². The van der Waals surface area contributed by atoms with Crippen molar-refractivity contribution in [2.45, 2.75) is 235 Å². The Morgan fingerprint density at radius 2 is 0.694 bits per heavy atom. The number of cyclic esters (lactones) is 4.